The van der Waals surface area contributed by atoms with Gasteiger partial charge in [-0.2, -0.15) is 0 Å². The summed E-state index contributed by atoms with van der Waals surface area (Å²) in [5.74, 6) is 0. The Bertz CT molecular complexity index is 399. The zero-order chi connectivity index (χ0) is 20.8. The lowest BCUT2D eigenvalue weighted by molar-refractivity contribution is 0.0352. The van der Waals surface area contributed by atoms with E-state index in [1.54, 1.807) is 0 Å². The first-order valence-corrected chi connectivity index (χ1v) is 12.9. The molecule has 27 heavy (non-hydrogen) atoms. The summed E-state index contributed by atoms with van der Waals surface area (Å²) in [6.45, 7) is 11.5. The molecule has 164 valence electrons. The summed E-state index contributed by atoms with van der Waals surface area (Å²) in [5.41, 5.74) is -0.195. The maximum Gasteiger partial charge on any atom is 0.325 e. The lowest BCUT2D eigenvalue weighted by atomic mass is 9.75. The lowest BCUT2D eigenvalue weighted by Gasteiger charge is -2.32. The largest absolute Gasteiger partial charge is 0.396 e. The number of hydrogen-bond acceptors (Lipinski definition) is 4. The Hall–Kier alpha value is 0.0700. The van der Waals surface area contributed by atoms with Crippen LogP contribution in [0.15, 0.2) is 0 Å². The molecule has 0 radical (unpaired) electrons. The van der Waals surface area contributed by atoms with Crippen LogP contribution in [0.3, 0.4) is 0 Å². The van der Waals surface area contributed by atoms with Gasteiger partial charge < -0.3 is 19.3 Å². The van der Waals surface area contributed by atoms with Crippen molar-refractivity contribution in [1.82, 2.24) is 0 Å². The van der Waals surface area contributed by atoms with E-state index in [1.807, 2.05) is 13.8 Å². The van der Waals surface area contributed by atoms with E-state index in [9.17, 15) is 14.6 Å². The third-order valence-electron chi connectivity index (χ3n) is 6.21. The fourth-order valence-electron chi connectivity index (χ4n) is 3.91. The molecular weight excluding hydrogens is 363 g/mol. The van der Waals surface area contributed by atoms with E-state index in [0.29, 0.717) is 5.41 Å². The predicted octanol–water partition coefficient (Wildman–Crippen LogP) is 5.92. The smallest absolute Gasteiger partial charge is 0.325 e. The van der Waals surface area contributed by atoms with Gasteiger partial charge in [-0.1, -0.05) is 47.0 Å². The number of aliphatic hydroxyl groups excluding tert-OH is 1. The molecule has 0 amide bonds. The molecular formula is C21H45O5P. The predicted molar refractivity (Wildman–Crippen MR) is 113 cm³/mol. The second-order valence-corrected chi connectivity index (χ2v) is 9.78. The molecule has 0 aliphatic heterocycles. The second kappa shape index (κ2) is 14.1. The second-order valence-electron chi connectivity index (χ2n) is 7.99. The molecule has 6 heteroatoms. The molecule has 0 aromatic heterocycles. The molecule has 0 rings (SSSR count). The van der Waals surface area contributed by atoms with E-state index >= 15 is 0 Å². The monoisotopic (exact) mass is 408 g/mol. The van der Waals surface area contributed by atoms with Gasteiger partial charge in [-0.15, -0.1) is 0 Å². The summed E-state index contributed by atoms with van der Waals surface area (Å²) in [5, 5.41) is 9.28. The molecule has 0 saturated carbocycles. The highest BCUT2D eigenvalue weighted by Gasteiger charge is 2.32. The molecule has 0 spiro atoms. The van der Waals surface area contributed by atoms with Crippen LogP contribution in [0.25, 0.3) is 0 Å². The Kier molecular flexibility index (Phi) is 14.2. The van der Waals surface area contributed by atoms with E-state index in [4.69, 9.17) is 9.26 Å². The van der Waals surface area contributed by atoms with E-state index in [1.165, 1.54) is 6.66 Å². The van der Waals surface area contributed by atoms with Crippen LogP contribution in [-0.4, -0.2) is 42.1 Å². The van der Waals surface area contributed by atoms with Crippen molar-refractivity contribution in [1.29, 1.82) is 0 Å². The molecule has 0 heterocycles. The van der Waals surface area contributed by atoms with Crippen molar-refractivity contribution in [2.24, 2.45) is 5.41 Å². The maximum absolute atomic E-state index is 11.6. The fourth-order valence-corrected chi connectivity index (χ4v) is 4.98. The molecule has 0 aromatic carbocycles. The molecule has 0 aromatic rings. The van der Waals surface area contributed by atoms with Crippen molar-refractivity contribution in [2.45, 2.75) is 104 Å². The van der Waals surface area contributed by atoms with Crippen molar-refractivity contribution >= 4 is 7.60 Å². The van der Waals surface area contributed by atoms with Crippen LogP contribution in [0, 0.1) is 5.41 Å². The average molecular weight is 409 g/mol. The highest BCUT2D eigenvalue weighted by molar-refractivity contribution is 7.51. The van der Waals surface area contributed by atoms with Crippen molar-refractivity contribution in [2.75, 3.05) is 26.5 Å². The third kappa shape index (κ3) is 11.6. The zero-order valence-electron chi connectivity index (χ0n) is 18.5. The Labute approximate surface area is 167 Å². The van der Waals surface area contributed by atoms with Crippen molar-refractivity contribution in [3.63, 3.8) is 0 Å². The zero-order valence-corrected chi connectivity index (χ0v) is 19.4. The van der Waals surface area contributed by atoms with E-state index in [0.717, 1.165) is 83.8 Å². The number of hydrogen-bond donors (Lipinski definition) is 2. The minimum absolute atomic E-state index is 0.280. The summed E-state index contributed by atoms with van der Waals surface area (Å²) in [7, 11) is -3.47. The topological polar surface area (TPSA) is 76.0 Å². The minimum atomic E-state index is -3.47. The molecule has 0 fully saturated rings. The van der Waals surface area contributed by atoms with Gasteiger partial charge in [0, 0.05) is 26.5 Å². The van der Waals surface area contributed by atoms with Crippen LogP contribution >= 0.6 is 7.60 Å². The summed E-state index contributed by atoms with van der Waals surface area (Å²) in [6, 6.07) is 0. The molecule has 1 atom stereocenters. The van der Waals surface area contributed by atoms with Gasteiger partial charge in [0.2, 0.25) is 0 Å². The molecule has 1 unspecified atom stereocenters. The Balaban J connectivity index is 3.95. The van der Waals surface area contributed by atoms with Crippen LogP contribution in [-0.2, 0) is 13.8 Å². The summed E-state index contributed by atoms with van der Waals surface area (Å²) in [6.07, 6.45) is 10.7. The van der Waals surface area contributed by atoms with Crippen molar-refractivity contribution in [3.05, 3.63) is 0 Å². The number of rotatable bonds is 18. The third-order valence-corrected chi connectivity index (χ3v) is 6.94. The van der Waals surface area contributed by atoms with E-state index < -0.39 is 13.2 Å². The van der Waals surface area contributed by atoms with Crippen molar-refractivity contribution in [3.8, 4) is 0 Å². The van der Waals surface area contributed by atoms with Crippen LogP contribution < -0.4 is 0 Å². The van der Waals surface area contributed by atoms with Crippen LogP contribution in [0.2, 0.25) is 0 Å². The lowest BCUT2D eigenvalue weighted by Crippen LogP contribution is -2.30. The minimum Gasteiger partial charge on any atom is -0.396 e. The van der Waals surface area contributed by atoms with E-state index in [-0.39, 0.29) is 6.61 Å². The standard InChI is InChI=1S/C21H45O5P/c1-6-20(7-2,16-17-22)14-10-12-18-25-19-13-11-15-21(8-3,9-4)26-27(5,23)24/h22H,6-19H2,1-5H3,(H,23,24). The maximum atomic E-state index is 11.6. The molecule has 0 saturated heterocycles. The Morgan fingerprint density at radius 1 is 0.815 bits per heavy atom. The quantitative estimate of drug-likeness (QED) is 0.217. The van der Waals surface area contributed by atoms with Gasteiger partial charge in [-0.05, 0) is 56.8 Å². The van der Waals surface area contributed by atoms with Crippen molar-refractivity contribution < 1.29 is 23.8 Å². The highest BCUT2D eigenvalue weighted by Crippen LogP contribution is 2.46. The van der Waals surface area contributed by atoms with Gasteiger partial charge in [0.1, 0.15) is 0 Å². The van der Waals surface area contributed by atoms with E-state index in [2.05, 4.69) is 13.8 Å². The Morgan fingerprint density at radius 3 is 1.74 bits per heavy atom. The van der Waals surface area contributed by atoms with Crippen LogP contribution in [0.5, 0.6) is 0 Å². The van der Waals surface area contributed by atoms with Gasteiger partial charge in [-0.25, -0.2) is 0 Å². The fraction of sp³-hybridized carbons (Fsp3) is 1.00. The Morgan fingerprint density at radius 2 is 1.33 bits per heavy atom. The molecule has 5 nitrogen and oxygen atoms in total. The molecule has 2 N–H and O–H groups in total. The summed E-state index contributed by atoms with van der Waals surface area (Å²) < 4.78 is 22.9. The van der Waals surface area contributed by atoms with Gasteiger partial charge in [-0.3, -0.25) is 4.57 Å². The number of ether oxygens (including phenoxy) is 1. The number of aliphatic hydroxyl groups is 1. The average Bonchev–Trinajstić information content (AvgIpc) is 2.63. The number of unbranched alkanes of at least 4 members (excludes halogenated alkanes) is 2. The molecule has 0 aliphatic carbocycles. The molecule has 0 bridgehead atoms. The van der Waals surface area contributed by atoms with Gasteiger partial charge in [0.25, 0.3) is 0 Å². The first-order valence-electron chi connectivity index (χ1n) is 10.9. The summed E-state index contributed by atoms with van der Waals surface area (Å²) >= 11 is 0. The first-order chi connectivity index (χ1) is 12.7. The van der Waals surface area contributed by atoms with Gasteiger partial charge >= 0.3 is 7.60 Å². The summed E-state index contributed by atoms with van der Waals surface area (Å²) in [4.78, 5) is 9.56. The molecule has 0 aliphatic rings. The van der Waals surface area contributed by atoms with Gasteiger partial charge in [0.05, 0.1) is 5.60 Å². The first kappa shape index (κ1) is 27.1. The van der Waals surface area contributed by atoms with Crippen LogP contribution in [0.1, 0.15) is 98.3 Å². The highest BCUT2D eigenvalue weighted by atomic mass is 31.2. The van der Waals surface area contributed by atoms with Gasteiger partial charge in [0.15, 0.2) is 0 Å². The normalized spacial score (nSPS) is 15.1. The SMILES string of the molecule is CCC(CC)(CCO)CCCCOCCCCC(CC)(CC)OP(C)(=O)O. The van der Waals surface area contributed by atoms with Crippen LogP contribution in [0.4, 0.5) is 0 Å².